The number of rotatable bonds is 5. The summed E-state index contributed by atoms with van der Waals surface area (Å²) in [6, 6.07) is 10.5. The van der Waals surface area contributed by atoms with Gasteiger partial charge in [0.1, 0.15) is 5.69 Å². The highest BCUT2D eigenvalue weighted by Crippen LogP contribution is 2.23. The Hall–Kier alpha value is -2.43. The average molecular weight is 299 g/mol. The molecule has 5 nitrogen and oxygen atoms in total. The van der Waals surface area contributed by atoms with Crippen molar-refractivity contribution in [2.24, 2.45) is 0 Å². The topological polar surface area (TPSA) is 64.0 Å². The Bertz CT molecular complexity index is 720. The average Bonchev–Trinajstić information content (AvgIpc) is 2.50. The van der Waals surface area contributed by atoms with E-state index in [-0.39, 0.29) is 17.2 Å². The summed E-state index contributed by atoms with van der Waals surface area (Å²) in [4.78, 5) is 24.0. The Morgan fingerprint density at radius 2 is 1.95 bits per heavy atom. The maximum absolute atomic E-state index is 12.4. The number of hydrogen-bond donors (Lipinski definition) is 1. The first-order valence-corrected chi connectivity index (χ1v) is 7.51. The monoisotopic (exact) mass is 299 g/mol. The van der Waals surface area contributed by atoms with Gasteiger partial charge in [-0.3, -0.25) is 9.59 Å². The predicted octanol–water partition coefficient (Wildman–Crippen LogP) is 3.03. The molecule has 0 bridgehead atoms. The van der Waals surface area contributed by atoms with Gasteiger partial charge in [0, 0.05) is 18.3 Å². The standard InChI is InChI=1S/C17H21N3O2/c1-4-11-20-16(21)10-9-15(19-20)17(22)18-14-8-6-5-7-13(14)12(2)3/h5-10,12H,4,11H2,1-3H3,(H,18,22). The van der Waals surface area contributed by atoms with Gasteiger partial charge in [0.15, 0.2) is 0 Å². The zero-order chi connectivity index (χ0) is 16.1. The number of hydrogen-bond acceptors (Lipinski definition) is 3. The molecule has 2 aromatic rings. The Morgan fingerprint density at radius 3 is 2.64 bits per heavy atom. The van der Waals surface area contributed by atoms with E-state index in [1.54, 1.807) is 0 Å². The molecule has 0 atom stereocenters. The molecule has 1 heterocycles. The van der Waals surface area contributed by atoms with E-state index in [0.29, 0.717) is 12.5 Å². The Morgan fingerprint density at radius 1 is 1.23 bits per heavy atom. The Kier molecular flexibility index (Phi) is 5.09. The quantitative estimate of drug-likeness (QED) is 0.923. The molecule has 116 valence electrons. The number of carbonyl (C=O) groups excluding carboxylic acids is 1. The van der Waals surface area contributed by atoms with E-state index in [1.807, 2.05) is 31.2 Å². The van der Waals surface area contributed by atoms with Gasteiger partial charge < -0.3 is 5.32 Å². The minimum atomic E-state index is -0.307. The first-order valence-electron chi connectivity index (χ1n) is 7.51. The van der Waals surface area contributed by atoms with E-state index in [1.165, 1.54) is 16.8 Å². The van der Waals surface area contributed by atoms with Crippen molar-refractivity contribution in [3.05, 3.63) is 58.0 Å². The molecule has 0 fully saturated rings. The van der Waals surface area contributed by atoms with Gasteiger partial charge in [0.05, 0.1) is 0 Å². The highest BCUT2D eigenvalue weighted by atomic mass is 16.2. The molecule has 1 aromatic carbocycles. The van der Waals surface area contributed by atoms with Gasteiger partial charge in [0.2, 0.25) is 0 Å². The molecule has 2 rings (SSSR count). The molecule has 0 aliphatic heterocycles. The van der Waals surface area contributed by atoms with E-state index in [4.69, 9.17) is 0 Å². The van der Waals surface area contributed by atoms with Crippen LogP contribution >= 0.6 is 0 Å². The molecule has 22 heavy (non-hydrogen) atoms. The van der Waals surface area contributed by atoms with Crippen molar-refractivity contribution < 1.29 is 4.79 Å². The smallest absolute Gasteiger partial charge is 0.276 e. The molecular formula is C17H21N3O2. The third-order valence-electron chi connectivity index (χ3n) is 3.37. The molecule has 1 aromatic heterocycles. The van der Waals surface area contributed by atoms with E-state index in [2.05, 4.69) is 24.3 Å². The highest BCUT2D eigenvalue weighted by Gasteiger charge is 2.13. The van der Waals surface area contributed by atoms with Crippen molar-refractivity contribution in [3.8, 4) is 0 Å². The molecule has 0 radical (unpaired) electrons. The molecule has 0 saturated heterocycles. The van der Waals surface area contributed by atoms with E-state index < -0.39 is 0 Å². The van der Waals surface area contributed by atoms with Crippen molar-refractivity contribution in [2.75, 3.05) is 5.32 Å². The zero-order valence-corrected chi connectivity index (χ0v) is 13.2. The minimum Gasteiger partial charge on any atom is -0.320 e. The van der Waals surface area contributed by atoms with E-state index in [0.717, 1.165) is 17.7 Å². The number of aryl methyl sites for hydroxylation is 1. The van der Waals surface area contributed by atoms with Crippen molar-refractivity contribution in [1.82, 2.24) is 9.78 Å². The molecule has 0 aliphatic carbocycles. The number of nitrogens with one attached hydrogen (secondary N) is 1. The third-order valence-corrected chi connectivity index (χ3v) is 3.37. The van der Waals surface area contributed by atoms with Crippen LogP contribution < -0.4 is 10.9 Å². The normalized spacial score (nSPS) is 10.7. The lowest BCUT2D eigenvalue weighted by Crippen LogP contribution is -2.26. The summed E-state index contributed by atoms with van der Waals surface area (Å²) in [6.07, 6.45) is 0.786. The van der Waals surface area contributed by atoms with Crippen LogP contribution in [0, 0.1) is 0 Å². The number of carbonyl (C=O) groups is 1. The SMILES string of the molecule is CCCn1nc(C(=O)Nc2ccccc2C(C)C)ccc1=O. The summed E-state index contributed by atoms with van der Waals surface area (Å²) in [5, 5.41) is 7.00. The Labute approximate surface area is 130 Å². The molecule has 0 unspecified atom stereocenters. The fourth-order valence-corrected chi connectivity index (χ4v) is 2.24. The van der Waals surface area contributed by atoms with Gasteiger partial charge in [-0.1, -0.05) is 39.0 Å². The minimum absolute atomic E-state index is 0.194. The van der Waals surface area contributed by atoms with Gasteiger partial charge in [-0.2, -0.15) is 5.10 Å². The summed E-state index contributed by atoms with van der Waals surface area (Å²) in [5.41, 5.74) is 1.89. The van der Waals surface area contributed by atoms with Crippen molar-refractivity contribution in [3.63, 3.8) is 0 Å². The maximum Gasteiger partial charge on any atom is 0.276 e. The molecule has 0 spiro atoms. The predicted molar refractivity (Wildman–Crippen MR) is 87.3 cm³/mol. The maximum atomic E-state index is 12.4. The summed E-state index contributed by atoms with van der Waals surface area (Å²) in [5.74, 6) is -0.00328. The molecule has 1 N–H and O–H groups in total. The molecular weight excluding hydrogens is 278 g/mol. The van der Waals surface area contributed by atoms with E-state index in [9.17, 15) is 9.59 Å². The molecule has 5 heteroatoms. The van der Waals surface area contributed by atoms with Gasteiger partial charge in [-0.15, -0.1) is 0 Å². The summed E-state index contributed by atoms with van der Waals surface area (Å²) in [6.45, 7) is 6.61. The lowest BCUT2D eigenvalue weighted by atomic mass is 10.0. The van der Waals surface area contributed by atoms with Gasteiger partial charge >= 0.3 is 0 Å². The largest absolute Gasteiger partial charge is 0.320 e. The van der Waals surface area contributed by atoms with Crippen LogP contribution in [0.15, 0.2) is 41.2 Å². The first-order chi connectivity index (χ1) is 10.5. The van der Waals surface area contributed by atoms with Crippen LogP contribution in [0.1, 0.15) is 49.2 Å². The zero-order valence-electron chi connectivity index (χ0n) is 13.2. The molecule has 1 amide bonds. The summed E-state index contributed by atoms with van der Waals surface area (Å²) in [7, 11) is 0. The summed E-state index contributed by atoms with van der Waals surface area (Å²) >= 11 is 0. The van der Waals surface area contributed by atoms with Crippen LogP contribution in [0.4, 0.5) is 5.69 Å². The second kappa shape index (κ2) is 7.02. The number of amides is 1. The number of benzene rings is 1. The number of nitrogens with zero attached hydrogens (tertiary/aromatic N) is 2. The number of aromatic nitrogens is 2. The van der Waals surface area contributed by atoms with Gasteiger partial charge in [-0.25, -0.2) is 4.68 Å². The van der Waals surface area contributed by atoms with Crippen molar-refractivity contribution >= 4 is 11.6 Å². The van der Waals surface area contributed by atoms with Gasteiger partial charge in [-0.05, 0) is 30.0 Å². The van der Waals surface area contributed by atoms with Crippen LogP contribution in [-0.4, -0.2) is 15.7 Å². The summed E-state index contributed by atoms with van der Waals surface area (Å²) < 4.78 is 1.32. The lowest BCUT2D eigenvalue weighted by Gasteiger charge is -2.13. The molecule has 0 aliphatic rings. The van der Waals surface area contributed by atoms with Crippen LogP contribution in [0.5, 0.6) is 0 Å². The van der Waals surface area contributed by atoms with Crippen molar-refractivity contribution in [2.45, 2.75) is 39.7 Å². The number of anilines is 1. The van der Waals surface area contributed by atoms with Gasteiger partial charge in [0.25, 0.3) is 11.5 Å². The molecule has 0 saturated carbocycles. The second-order valence-corrected chi connectivity index (χ2v) is 5.48. The lowest BCUT2D eigenvalue weighted by molar-refractivity contribution is 0.101. The third kappa shape index (κ3) is 3.61. The van der Waals surface area contributed by atoms with E-state index >= 15 is 0 Å². The fraction of sp³-hybridized carbons (Fsp3) is 0.353. The fourth-order valence-electron chi connectivity index (χ4n) is 2.24. The van der Waals surface area contributed by atoms with Crippen molar-refractivity contribution in [1.29, 1.82) is 0 Å². The second-order valence-electron chi connectivity index (χ2n) is 5.48. The first kappa shape index (κ1) is 15.9. The van der Waals surface area contributed by atoms with Crippen LogP contribution in [0.3, 0.4) is 0 Å². The van der Waals surface area contributed by atoms with Crippen LogP contribution in [-0.2, 0) is 6.54 Å². The van der Waals surface area contributed by atoms with Crippen LogP contribution in [0.25, 0.3) is 0 Å². The van der Waals surface area contributed by atoms with Crippen LogP contribution in [0.2, 0.25) is 0 Å². The number of para-hydroxylation sites is 1. The highest BCUT2D eigenvalue weighted by molar-refractivity contribution is 6.03. The Balaban J connectivity index is 2.26.